The zero-order valence-corrected chi connectivity index (χ0v) is 14.4. The molecule has 1 aliphatic heterocycles. The molecule has 0 aromatic carbocycles. The van der Waals surface area contributed by atoms with Crippen LogP contribution in [0.3, 0.4) is 0 Å². The van der Waals surface area contributed by atoms with Crippen LogP contribution >= 0.6 is 11.6 Å². The first-order valence-corrected chi connectivity index (χ1v) is 7.85. The van der Waals surface area contributed by atoms with Crippen LogP contribution in [0.15, 0.2) is 6.33 Å². The van der Waals surface area contributed by atoms with E-state index in [1.54, 1.807) is 0 Å². The van der Waals surface area contributed by atoms with Gasteiger partial charge < -0.3 is 25.7 Å². The Labute approximate surface area is 148 Å². The summed E-state index contributed by atoms with van der Waals surface area (Å²) < 4.78 is 17.2. The second-order valence-corrected chi connectivity index (χ2v) is 5.90. The fraction of sp³-hybridized carbons (Fsp3) is 0.571. The monoisotopic (exact) mass is 374 g/mol. The molecule has 0 bridgehead atoms. The maximum absolute atomic E-state index is 11.7. The van der Waals surface area contributed by atoms with Crippen molar-refractivity contribution in [3.8, 4) is 0 Å². The van der Waals surface area contributed by atoms with Crippen molar-refractivity contribution in [2.75, 3.05) is 18.9 Å². The van der Waals surface area contributed by atoms with Crippen molar-refractivity contribution in [2.24, 2.45) is 5.73 Å². The van der Waals surface area contributed by atoms with Crippen LogP contribution in [0.5, 0.6) is 0 Å². The molecule has 2 rings (SSSR count). The van der Waals surface area contributed by atoms with E-state index in [9.17, 15) is 14.4 Å². The van der Waals surface area contributed by atoms with Crippen LogP contribution in [0.4, 0.5) is 5.82 Å². The number of carbonyl (C=O) groups excluding carboxylic acids is 3. The largest absolute Gasteiger partial charge is 0.463 e. The predicted octanol–water partition coefficient (Wildman–Crippen LogP) is -0.394. The van der Waals surface area contributed by atoms with E-state index in [1.807, 2.05) is 0 Å². The van der Waals surface area contributed by atoms with E-state index in [0.29, 0.717) is 0 Å². The van der Waals surface area contributed by atoms with Crippen molar-refractivity contribution >= 4 is 35.1 Å². The lowest BCUT2D eigenvalue weighted by atomic mass is 10.1. The molecule has 0 spiro atoms. The first-order valence-electron chi connectivity index (χ1n) is 7.42. The van der Waals surface area contributed by atoms with E-state index in [0.717, 1.165) is 0 Å². The lowest BCUT2D eigenvalue weighted by molar-refractivity contribution is -0.155. The zero-order chi connectivity index (χ0) is 18.7. The molecule has 11 heteroatoms. The number of Topliss-reactive ketones (excluding diaryl/α,β-unsaturated/α-hetero) is 1. The molecule has 2 heterocycles. The molecule has 4 atom stereocenters. The molecule has 1 aromatic heterocycles. The smallest absolute Gasteiger partial charge is 0.303 e. The molecule has 1 aromatic rings. The van der Waals surface area contributed by atoms with Gasteiger partial charge in [0.05, 0.1) is 12.9 Å². The average molecular weight is 375 g/mol. The van der Waals surface area contributed by atoms with E-state index in [1.165, 1.54) is 24.7 Å². The molecular formula is C14H19ClN4O6. The van der Waals surface area contributed by atoms with Crippen LogP contribution in [-0.2, 0) is 23.8 Å². The number of hydrogen-bond donors (Lipinski definition) is 2. The summed E-state index contributed by atoms with van der Waals surface area (Å²) in [5, 5.41) is -0.846. The van der Waals surface area contributed by atoms with Crippen molar-refractivity contribution in [1.29, 1.82) is 0 Å². The second kappa shape index (κ2) is 7.81. The number of hydrogen-bond acceptors (Lipinski definition) is 9. The summed E-state index contributed by atoms with van der Waals surface area (Å²) in [6.45, 7) is 2.06. The molecule has 0 amide bonds. The van der Waals surface area contributed by atoms with Crippen molar-refractivity contribution in [1.82, 2.24) is 9.55 Å². The van der Waals surface area contributed by atoms with Crippen molar-refractivity contribution < 1.29 is 28.6 Å². The third-order valence-electron chi connectivity index (χ3n) is 3.58. The first kappa shape index (κ1) is 19.2. The van der Waals surface area contributed by atoms with Gasteiger partial charge in [-0.25, -0.2) is 4.98 Å². The fourth-order valence-electron chi connectivity index (χ4n) is 2.47. The summed E-state index contributed by atoms with van der Waals surface area (Å²) in [5.74, 6) is -1.49. The number of imidazole rings is 1. The minimum absolute atomic E-state index is 0.00226. The highest BCUT2D eigenvalue weighted by Crippen LogP contribution is 2.37. The summed E-state index contributed by atoms with van der Waals surface area (Å²) in [5.41, 5.74) is 11.2. The third kappa shape index (κ3) is 4.09. The molecular weight excluding hydrogens is 356 g/mol. The average Bonchev–Trinajstić information content (AvgIpc) is 3.06. The lowest BCUT2D eigenvalue weighted by Gasteiger charge is -2.19. The summed E-state index contributed by atoms with van der Waals surface area (Å²) in [7, 11) is 0. The van der Waals surface area contributed by atoms with Gasteiger partial charge in [0.25, 0.3) is 0 Å². The minimum Gasteiger partial charge on any atom is -0.463 e. The number of nitrogen functional groups attached to an aromatic ring is 1. The third-order valence-corrected chi connectivity index (χ3v) is 4.04. The molecule has 0 radical (unpaired) electrons. The topological polar surface area (TPSA) is 149 Å². The van der Waals surface area contributed by atoms with Crippen LogP contribution in [0, 0.1) is 0 Å². The van der Waals surface area contributed by atoms with Gasteiger partial charge in [0.2, 0.25) is 0 Å². The Kier molecular flexibility index (Phi) is 5.98. The predicted molar refractivity (Wildman–Crippen MR) is 85.8 cm³/mol. The molecule has 0 aliphatic carbocycles. The number of halogens is 1. The van der Waals surface area contributed by atoms with Gasteiger partial charge in [0, 0.05) is 13.8 Å². The molecule has 4 N–H and O–H groups in total. The number of ketones is 1. The standard InChI is InChI=1S/C14H19ClN4O6/c1-6(20)23-4-9-12(24-7(2)21)10(15)14(25-9)19-5-18-11(13(19)17)8(22)3-16/h5,9-10,12,14H,3-4,16-17H2,1-2H3/t9-,10+,12-,14-/m1/s1. The number of nitrogens with two attached hydrogens (primary N) is 2. The van der Waals surface area contributed by atoms with E-state index in [-0.39, 0.29) is 24.7 Å². The number of ether oxygens (including phenoxy) is 3. The van der Waals surface area contributed by atoms with Crippen molar-refractivity contribution in [3.05, 3.63) is 12.0 Å². The fourth-order valence-corrected chi connectivity index (χ4v) is 2.86. The van der Waals surface area contributed by atoms with Gasteiger partial charge in [-0.1, -0.05) is 0 Å². The highest BCUT2D eigenvalue weighted by atomic mass is 35.5. The normalized spacial score (nSPS) is 25.6. The van der Waals surface area contributed by atoms with Crippen LogP contribution < -0.4 is 11.5 Å². The SMILES string of the molecule is CC(=O)OC[C@H]1O[C@@H](n2cnc(C(=O)CN)c2N)[C@@H](Cl)[C@@H]1OC(C)=O. The van der Waals surface area contributed by atoms with Gasteiger partial charge in [-0.15, -0.1) is 11.6 Å². The van der Waals surface area contributed by atoms with Gasteiger partial charge in [-0.2, -0.15) is 0 Å². The molecule has 138 valence electrons. The molecule has 1 saturated heterocycles. The Morgan fingerprint density at radius 3 is 2.60 bits per heavy atom. The number of rotatable bonds is 6. The molecule has 1 aliphatic rings. The van der Waals surface area contributed by atoms with Gasteiger partial charge in [-0.05, 0) is 0 Å². The van der Waals surface area contributed by atoms with Gasteiger partial charge in [-0.3, -0.25) is 19.0 Å². The molecule has 0 unspecified atom stereocenters. The molecule has 10 nitrogen and oxygen atoms in total. The highest BCUT2D eigenvalue weighted by Gasteiger charge is 2.48. The summed E-state index contributed by atoms with van der Waals surface area (Å²) >= 11 is 6.37. The number of alkyl halides is 1. The van der Waals surface area contributed by atoms with Crippen molar-refractivity contribution in [2.45, 2.75) is 37.7 Å². The Hall–Kier alpha value is -2.17. The Morgan fingerprint density at radius 1 is 1.36 bits per heavy atom. The Bertz CT molecular complexity index is 678. The number of carbonyl (C=O) groups is 3. The molecule has 25 heavy (non-hydrogen) atoms. The van der Waals surface area contributed by atoms with Crippen LogP contribution in [0.25, 0.3) is 0 Å². The van der Waals surface area contributed by atoms with E-state index < -0.39 is 41.5 Å². The van der Waals surface area contributed by atoms with Crippen LogP contribution in [0.1, 0.15) is 30.6 Å². The highest BCUT2D eigenvalue weighted by molar-refractivity contribution is 6.21. The molecule has 0 saturated carbocycles. The number of anilines is 1. The Balaban J connectivity index is 2.26. The Morgan fingerprint density at radius 2 is 2.04 bits per heavy atom. The molecule has 1 fully saturated rings. The van der Waals surface area contributed by atoms with Crippen molar-refractivity contribution in [3.63, 3.8) is 0 Å². The van der Waals surface area contributed by atoms with Gasteiger partial charge in [0.1, 0.15) is 29.6 Å². The summed E-state index contributed by atoms with van der Waals surface area (Å²) in [6.07, 6.45) is -1.26. The van der Waals surface area contributed by atoms with E-state index >= 15 is 0 Å². The quantitative estimate of drug-likeness (QED) is 0.385. The van der Waals surface area contributed by atoms with E-state index in [2.05, 4.69) is 4.98 Å². The van der Waals surface area contributed by atoms with Gasteiger partial charge >= 0.3 is 11.9 Å². The van der Waals surface area contributed by atoms with Crippen LogP contribution in [0.2, 0.25) is 0 Å². The maximum atomic E-state index is 11.7. The minimum atomic E-state index is -0.876. The van der Waals surface area contributed by atoms with Gasteiger partial charge in [0.15, 0.2) is 18.1 Å². The first-order chi connectivity index (χ1) is 11.8. The number of nitrogens with zero attached hydrogens (tertiary/aromatic N) is 2. The number of esters is 2. The zero-order valence-electron chi connectivity index (χ0n) is 13.7. The lowest BCUT2D eigenvalue weighted by Crippen LogP contribution is -2.35. The maximum Gasteiger partial charge on any atom is 0.303 e. The number of aromatic nitrogens is 2. The van der Waals surface area contributed by atoms with Crippen LogP contribution in [-0.4, -0.2) is 58.0 Å². The second-order valence-electron chi connectivity index (χ2n) is 5.40. The summed E-state index contributed by atoms with van der Waals surface area (Å²) in [6, 6.07) is 0. The van der Waals surface area contributed by atoms with E-state index in [4.69, 9.17) is 37.3 Å². The summed E-state index contributed by atoms with van der Waals surface area (Å²) in [4.78, 5) is 38.0.